The fourth-order valence-electron chi connectivity index (χ4n) is 3.34. The summed E-state index contributed by atoms with van der Waals surface area (Å²) in [5, 5.41) is 23.9. The van der Waals surface area contributed by atoms with Crippen molar-refractivity contribution in [1.82, 2.24) is 25.0 Å². The molecule has 0 radical (unpaired) electrons. The number of fused-ring (bicyclic) bond motifs is 1. The van der Waals surface area contributed by atoms with E-state index in [4.69, 9.17) is 9.68 Å². The van der Waals surface area contributed by atoms with Crippen LogP contribution in [-0.2, 0) is 6.54 Å². The molecule has 0 spiro atoms. The van der Waals surface area contributed by atoms with Crippen molar-refractivity contribution in [3.8, 4) is 17.4 Å². The van der Waals surface area contributed by atoms with Crippen LogP contribution in [0.15, 0.2) is 71.9 Å². The van der Waals surface area contributed by atoms with Gasteiger partial charge < -0.3 is 9.73 Å². The summed E-state index contributed by atoms with van der Waals surface area (Å²) in [6.07, 6.45) is 6.29. The zero-order valence-electron chi connectivity index (χ0n) is 16.1. The molecule has 3 aromatic heterocycles. The molecule has 0 aliphatic rings. The molecule has 150 valence electrons. The van der Waals surface area contributed by atoms with Gasteiger partial charge in [0, 0.05) is 17.1 Å². The standard InChI is InChI=1S/C22H15N7O2/c23-8-14-2-1-3-15(6-14)11-29-12-17(9-25-29)26-22(30)21-18-5-4-16(7-19(18)27-28-21)20-10-24-13-31-20/h1-7,9-10,12-13H,11H2,(H,26,30)(H,27,28). The normalized spacial score (nSPS) is 10.8. The number of carbonyl (C=O) groups excluding carboxylic acids is 1. The van der Waals surface area contributed by atoms with Gasteiger partial charge in [-0.05, 0) is 29.8 Å². The second kappa shape index (κ2) is 7.61. The number of hydrogen-bond donors (Lipinski definition) is 2. The lowest BCUT2D eigenvalue weighted by atomic mass is 10.1. The van der Waals surface area contributed by atoms with Crippen molar-refractivity contribution in [3.63, 3.8) is 0 Å². The molecule has 0 atom stereocenters. The highest BCUT2D eigenvalue weighted by molar-refractivity contribution is 6.11. The van der Waals surface area contributed by atoms with E-state index in [0.717, 1.165) is 11.1 Å². The van der Waals surface area contributed by atoms with Gasteiger partial charge in [-0.25, -0.2) is 4.98 Å². The predicted molar refractivity (Wildman–Crippen MR) is 112 cm³/mol. The highest BCUT2D eigenvalue weighted by atomic mass is 16.3. The second-order valence-corrected chi connectivity index (χ2v) is 6.89. The van der Waals surface area contributed by atoms with Gasteiger partial charge >= 0.3 is 0 Å². The summed E-state index contributed by atoms with van der Waals surface area (Å²) >= 11 is 0. The molecule has 2 N–H and O–H groups in total. The van der Waals surface area contributed by atoms with Crippen molar-refractivity contribution in [2.75, 3.05) is 5.32 Å². The van der Waals surface area contributed by atoms with Gasteiger partial charge in [0.05, 0.1) is 41.8 Å². The first-order valence-electron chi connectivity index (χ1n) is 9.39. The Hall–Kier alpha value is -4.71. The number of H-pyrrole nitrogens is 1. The van der Waals surface area contributed by atoms with Crippen LogP contribution in [0.25, 0.3) is 22.2 Å². The smallest absolute Gasteiger partial charge is 0.276 e. The Balaban J connectivity index is 1.32. The highest BCUT2D eigenvalue weighted by Crippen LogP contribution is 2.25. The molecule has 9 nitrogen and oxygen atoms in total. The average molecular weight is 409 g/mol. The monoisotopic (exact) mass is 409 g/mol. The maximum atomic E-state index is 12.8. The Morgan fingerprint density at radius 1 is 1.23 bits per heavy atom. The summed E-state index contributed by atoms with van der Waals surface area (Å²) in [7, 11) is 0. The third-order valence-corrected chi connectivity index (χ3v) is 4.79. The molecular formula is C22H15N7O2. The molecule has 0 saturated carbocycles. The molecule has 2 aromatic carbocycles. The number of hydrogen-bond acceptors (Lipinski definition) is 6. The van der Waals surface area contributed by atoms with E-state index in [0.29, 0.717) is 34.5 Å². The van der Waals surface area contributed by atoms with E-state index < -0.39 is 0 Å². The van der Waals surface area contributed by atoms with Crippen molar-refractivity contribution in [2.45, 2.75) is 6.54 Å². The van der Waals surface area contributed by atoms with Gasteiger partial charge in [-0.1, -0.05) is 18.2 Å². The fraction of sp³-hybridized carbons (Fsp3) is 0.0455. The van der Waals surface area contributed by atoms with Crippen LogP contribution in [0.1, 0.15) is 21.6 Å². The maximum Gasteiger partial charge on any atom is 0.276 e. The molecule has 3 heterocycles. The number of benzene rings is 2. The van der Waals surface area contributed by atoms with Gasteiger partial charge in [0.2, 0.25) is 0 Å². The Morgan fingerprint density at radius 3 is 3.00 bits per heavy atom. The molecule has 0 aliphatic heterocycles. The van der Waals surface area contributed by atoms with E-state index in [-0.39, 0.29) is 11.6 Å². The number of nitrogens with zero attached hydrogens (tertiary/aromatic N) is 5. The van der Waals surface area contributed by atoms with Crippen LogP contribution in [0, 0.1) is 11.3 Å². The van der Waals surface area contributed by atoms with E-state index in [1.807, 2.05) is 36.4 Å². The summed E-state index contributed by atoms with van der Waals surface area (Å²) in [5.41, 5.74) is 3.93. The van der Waals surface area contributed by atoms with Crippen molar-refractivity contribution in [3.05, 3.63) is 84.3 Å². The Bertz CT molecular complexity index is 1420. The molecule has 1 amide bonds. The van der Waals surface area contributed by atoms with Crippen LogP contribution < -0.4 is 5.32 Å². The maximum absolute atomic E-state index is 12.8. The summed E-state index contributed by atoms with van der Waals surface area (Å²) in [5.74, 6) is 0.292. The van der Waals surface area contributed by atoms with Crippen LogP contribution >= 0.6 is 0 Å². The largest absolute Gasteiger partial charge is 0.444 e. The zero-order valence-corrected chi connectivity index (χ0v) is 16.1. The molecule has 0 aliphatic carbocycles. The lowest BCUT2D eigenvalue weighted by molar-refractivity contribution is 0.102. The fourth-order valence-corrected chi connectivity index (χ4v) is 3.34. The van der Waals surface area contributed by atoms with Crippen LogP contribution in [0.2, 0.25) is 0 Å². The molecule has 0 unspecified atom stereocenters. The van der Waals surface area contributed by atoms with Gasteiger partial charge in [0.25, 0.3) is 5.91 Å². The summed E-state index contributed by atoms with van der Waals surface area (Å²) < 4.78 is 7.00. The summed E-state index contributed by atoms with van der Waals surface area (Å²) in [6, 6.07) is 15.0. The van der Waals surface area contributed by atoms with Gasteiger partial charge in [0.15, 0.2) is 17.8 Å². The van der Waals surface area contributed by atoms with Crippen molar-refractivity contribution < 1.29 is 9.21 Å². The molecule has 5 aromatic rings. The highest BCUT2D eigenvalue weighted by Gasteiger charge is 2.16. The number of nitriles is 1. The van der Waals surface area contributed by atoms with Gasteiger partial charge in [0.1, 0.15) is 0 Å². The molecule has 9 heteroatoms. The number of aromatic amines is 1. The molecule has 31 heavy (non-hydrogen) atoms. The minimum Gasteiger partial charge on any atom is -0.444 e. The first-order valence-corrected chi connectivity index (χ1v) is 9.39. The number of amides is 1. The van der Waals surface area contributed by atoms with Gasteiger partial charge in [-0.2, -0.15) is 15.5 Å². The SMILES string of the molecule is N#Cc1cccc(Cn2cc(NC(=O)c3n[nH]c4cc(-c5cnco5)ccc34)cn2)c1. The quantitative estimate of drug-likeness (QED) is 0.457. The Kier molecular flexibility index (Phi) is 4.50. The third-order valence-electron chi connectivity index (χ3n) is 4.79. The van der Waals surface area contributed by atoms with Crippen molar-refractivity contribution in [2.24, 2.45) is 0 Å². The molecule has 5 rings (SSSR count). The number of anilines is 1. The number of rotatable bonds is 5. The molecular weight excluding hydrogens is 394 g/mol. The Labute approximate surface area is 176 Å². The number of carbonyl (C=O) groups is 1. The van der Waals surface area contributed by atoms with Crippen LogP contribution in [0.3, 0.4) is 0 Å². The van der Waals surface area contributed by atoms with Crippen molar-refractivity contribution >= 4 is 22.5 Å². The Morgan fingerprint density at radius 2 is 2.16 bits per heavy atom. The molecule has 0 fully saturated rings. The lowest BCUT2D eigenvalue weighted by Crippen LogP contribution is -2.12. The predicted octanol–water partition coefficient (Wildman–Crippen LogP) is 3.59. The average Bonchev–Trinajstić information content (AvgIpc) is 3.54. The number of nitrogens with one attached hydrogen (secondary N) is 2. The van der Waals surface area contributed by atoms with Gasteiger partial charge in [-0.3, -0.25) is 14.6 Å². The van der Waals surface area contributed by atoms with E-state index in [1.165, 1.54) is 6.39 Å². The van der Waals surface area contributed by atoms with Crippen LogP contribution in [0.4, 0.5) is 5.69 Å². The topological polar surface area (TPSA) is 125 Å². The number of aromatic nitrogens is 5. The number of oxazole rings is 1. The zero-order chi connectivity index (χ0) is 21.2. The minimum atomic E-state index is -0.343. The first kappa shape index (κ1) is 18.3. The van der Waals surface area contributed by atoms with E-state index in [1.54, 1.807) is 29.3 Å². The summed E-state index contributed by atoms with van der Waals surface area (Å²) in [4.78, 5) is 16.7. The molecule has 0 saturated heterocycles. The summed E-state index contributed by atoms with van der Waals surface area (Å²) in [6.45, 7) is 0.487. The lowest BCUT2D eigenvalue weighted by Gasteiger charge is -2.02. The second-order valence-electron chi connectivity index (χ2n) is 6.89. The van der Waals surface area contributed by atoms with E-state index in [2.05, 4.69) is 31.7 Å². The van der Waals surface area contributed by atoms with Crippen LogP contribution in [0.5, 0.6) is 0 Å². The van der Waals surface area contributed by atoms with Crippen LogP contribution in [-0.4, -0.2) is 30.9 Å². The van der Waals surface area contributed by atoms with Crippen molar-refractivity contribution in [1.29, 1.82) is 5.26 Å². The molecule has 0 bridgehead atoms. The van der Waals surface area contributed by atoms with Gasteiger partial charge in [-0.15, -0.1) is 0 Å². The third kappa shape index (κ3) is 3.65. The minimum absolute atomic E-state index is 0.286. The van der Waals surface area contributed by atoms with E-state index in [9.17, 15) is 4.79 Å². The van der Waals surface area contributed by atoms with E-state index >= 15 is 0 Å². The first-order chi connectivity index (χ1) is 15.2.